The van der Waals surface area contributed by atoms with E-state index in [9.17, 15) is 9.59 Å². The molecule has 0 radical (unpaired) electrons. The van der Waals surface area contributed by atoms with E-state index in [-0.39, 0.29) is 12.0 Å². The van der Waals surface area contributed by atoms with Gasteiger partial charge in [0, 0.05) is 32.6 Å². The van der Waals surface area contributed by atoms with Gasteiger partial charge in [-0.15, -0.1) is 0 Å². The van der Waals surface area contributed by atoms with Gasteiger partial charge in [0.25, 0.3) is 0 Å². The zero-order valence-electron chi connectivity index (χ0n) is 22.7. The van der Waals surface area contributed by atoms with Crippen LogP contribution >= 0.6 is 0 Å². The van der Waals surface area contributed by atoms with Gasteiger partial charge in [-0.2, -0.15) is 0 Å². The van der Waals surface area contributed by atoms with Crippen LogP contribution in [0.2, 0.25) is 0 Å². The van der Waals surface area contributed by atoms with Gasteiger partial charge in [0.1, 0.15) is 5.60 Å². The van der Waals surface area contributed by atoms with Gasteiger partial charge in [-0.05, 0) is 69.7 Å². The smallest absolute Gasteiger partial charge is 0.410 e. The van der Waals surface area contributed by atoms with Crippen molar-refractivity contribution in [3.63, 3.8) is 0 Å². The molecule has 0 atom stereocenters. The Hall–Kier alpha value is -2.44. The molecule has 2 amide bonds. The molecule has 0 spiro atoms. The first-order valence-electron chi connectivity index (χ1n) is 12.6. The summed E-state index contributed by atoms with van der Waals surface area (Å²) >= 11 is 0. The lowest BCUT2D eigenvalue weighted by Crippen LogP contribution is -2.51. The number of rotatable bonds is 8. The summed E-state index contributed by atoms with van der Waals surface area (Å²) in [5, 5.41) is 0. The van der Waals surface area contributed by atoms with E-state index in [4.69, 9.17) is 14.2 Å². The van der Waals surface area contributed by atoms with Gasteiger partial charge < -0.3 is 24.0 Å². The van der Waals surface area contributed by atoms with Gasteiger partial charge in [0.2, 0.25) is 5.91 Å². The predicted octanol–water partition coefficient (Wildman–Crippen LogP) is 5.47. The first-order chi connectivity index (χ1) is 16.1. The molecule has 1 aliphatic rings. The third-order valence-electron chi connectivity index (χ3n) is 5.46. The average molecular weight is 479 g/mol. The Balaban J connectivity index is 0.00000182. The zero-order valence-corrected chi connectivity index (χ0v) is 22.7. The van der Waals surface area contributed by atoms with Gasteiger partial charge >= 0.3 is 6.09 Å². The van der Waals surface area contributed by atoms with Crippen LogP contribution in [-0.4, -0.2) is 67.8 Å². The van der Waals surface area contributed by atoms with Crippen LogP contribution in [0.3, 0.4) is 0 Å². The van der Waals surface area contributed by atoms with E-state index < -0.39 is 5.60 Å². The fourth-order valence-electron chi connectivity index (χ4n) is 3.74. The Morgan fingerprint density at radius 2 is 1.35 bits per heavy atom. The summed E-state index contributed by atoms with van der Waals surface area (Å²) < 4.78 is 16.2. The normalized spacial score (nSPS) is 13.6. The maximum Gasteiger partial charge on any atom is 0.410 e. The second-order valence-electron chi connectivity index (χ2n) is 9.59. The van der Waals surface area contributed by atoms with Crippen LogP contribution in [0.5, 0.6) is 11.5 Å². The number of carbonyl (C=O) groups excluding carboxylic acids is 2. The molecule has 0 aliphatic carbocycles. The second kappa shape index (κ2) is 14.7. The monoisotopic (exact) mass is 478 g/mol. The number of piperazine rings is 1. The van der Waals surface area contributed by atoms with E-state index in [0.717, 1.165) is 37.2 Å². The van der Waals surface area contributed by atoms with E-state index in [1.165, 1.54) is 17.5 Å². The molecule has 0 unspecified atom stereocenters. The Kier molecular flexibility index (Phi) is 12.8. The molecule has 0 N–H and O–H groups in total. The number of unbranched alkanes of at least 4 members (excludes halogenated alkanes) is 1. The minimum atomic E-state index is -0.504. The van der Waals surface area contributed by atoms with Crippen molar-refractivity contribution in [3.05, 3.63) is 23.3 Å². The van der Waals surface area contributed by atoms with Crippen LogP contribution < -0.4 is 9.47 Å². The quantitative estimate of drug-likeness (QED) is 0.463. The van der Waals surface area contributed by atoms with E-state index in [1.807, 2.05) is 31.7 Å². The molecule has 7 heteroatoms. The number of aryl methyl sites for hydroxylation is 2. The van der Waals surface area contributed by atoms with E-state index in [0.29, 0.717) is 32.6 Å². The van der Waals surface area contributed by atoms with Crippen LogP contribution in [0.15, 0.2) is 12.1 Å². The molecule has 1 saturated heterocycles. The molecule has 194 valence electrons. The highest BCUT2D eigenvalue weighted by Gasteiger charge is 2.27. The van der Waals surface area contributed by atoms with Gasteiger partial charge in [-0.25, -0.2) is 4.79 Å². The van der Waals surface area contributed by atoms with E-state index in [2.05, 4.69) is 26.8 Å². The topological polar surface area (TPSA) is 68.3 Å². The first-order valence-corrected chi connectivity index (χ1v) is 12.6. The van der Waals surface area contributed by atoms with E-state index >= 15 is 0 Å². The Morgan fingerprint density at radius 3 is 1.82 bits per heavy atom. The minimum Gasteiger partial charge on any atom is -0.493 e. The number of ether oxygens (including phenoxy) is 3. The molecule has 0 saturated carbocycles. The highest BCUT2D eigenvalue weighted by atomic mass is 16.6. The van der Waals surface area contributed by atoms with E-state index in [1.54, 1.807) is 19.1 Å². The van der Waals surface area contributed by atoms with Crippen LogP contribution in [0, 0.1) is 0 Å². The summed E-state index contributed by atoms with van der Waals surface area (Å²) in [6.07, 6.45) is 5.08. The van der Waals surface area contributed by atoms with Crippen molar-refractivity contribution in [2.75, 3.05) is 40.4 Å². The summed E-state index contributed by atoms with van der Waals surface area (Å²) in [6, 6.07) is 4.10. The Labute approximate surface area is 206 Å². The third-order valence-corrected chi connectivity index (χ3v) is 5.46. The number of benzene rings is 1. The molecular weight excluding hydrogens is 432 g/mol. The van der Waals surface area contributed by atoms with Gasteiger partial charge in [0.15, 0.2) is 11.5 Å². The summed E-state index contributed by atoms with van der Waals surface area (Å²) in [5.74, 6) is 1.66. The maximum absolute atomic E-state index is 12.6. The van der Waals surface area contributed by atoms with Crippen LogP contribution in [0.25, 0.3) is 0 Å². The van der Waals surface area contributed by atoms with Gasteiger partial charge in [0.05, 0.1) is 14.2 Å². The van der Waals surface area contributed by atoms with Crippen molar-refractivity contribution in [3.8, 4) is 11.5 Å². The van der Waals surface area contributed by atoms with Crippen molar-refractivity contribution in [1.82, 2.24) is 9.80 Å². The molecule has 0 aromatic heterocycles. The van der Waals surface area contributed by atoms with Crippen LogP contribution in [0.4, 0.5) is 4.79 Å². The molecule has 1 heterocycles. The third kappa shape index (κ3) is 9.82. The summed E-state index contributed by atoms with van der Waals surface area (Å²) in [5.41, 5.74) is 2.00. The molecular formula is C27H46N2O5. The first kappa shape index (κ1) is 29.6. The second-order valence-corrected chi connectivity index (χ2v) is 9.59. The number of hydrogen-bond donors (Lipinski definition) is 0. The lowest BCUT2D eigenvalue weighted by atomic mass is 9.98. The highest BCUT2D eigenvalue weighted by Crippen LogP contribution is 2.31. The average Bonchev–Trinajstić information content (AvgIpc) is 2.80. The van der Waals surface area contributed by atoms with Crippen molar-refractivity contribution in [2.24, 2.45) is 0 Å². The molecule has 0 bridgehead atoms. The Bertz CT molecular complexity index is 765. The maximum atomic E-state index is 12.6. The molecule has 1 fully saturated rings. The molecule has 1 aromatic carbocycles. The van der Waals surface area contributed by atoms with Crippen molar-refractivity contribution in [1.29, 1.82) is 0 Å². The van der Waals surface area contributed by atoms with Gasteiger partial charge in [-0.1, -0.05) is 27.2 Å². The summed E-state index contributed by atoms with van der Waals surface area (Å²) in [7, 11) is 3.30. The van der Waals surface area contributed by atoms with Crippen LogP contribution in [0.1, 0.15) is 78.4 Å². The SMILES string of the molecule is CCC.CCc1cc(OC)c(OC)cc1CCCCC(=O)N1CCN(C(=O)OC(C)(C)C)CC1. The molecule has 1 aliphatic heterocycles. The lowest BCUT2D eigenvalue weighted by Gasteiger charge is -2.35. The number of methoxy groups -OCH3 is 2. The molecule has 2 rings (SSSR count). The van der Waals surface area contributed by atoms with Crippen molar-refractivity contribution < 1.29 is 23.8 Å². The Morgan fingerprint density at radius 1 is 0.853 bits per heavy atom. The largest absolute Gasteiger partial charge is 0.493 e. The zero-order chi connectivity index (χ0) is 25.7. The number of carbonyl (C=O) groups is 2. The predicted molar refractivity (Wildman–Crippen MR) is 137 cm³/mol. The van der Waals surface area contributed by atoms with Crippen molar-refractivity contribution >= 4 is 12.0 Å². The summed E-state index contributed by atoms with van der Waals surface area (Å²) in [4.78, 5) is 28.3. The number of nitrogens with zero attached hydrogens (tertiary/aromatic N) is 2. The van der Waals surface area contributed by atoms with Crippen LogP contribution in [-0.2, 0) is 22.4 Å². The molecule has 34 heavy (non-hydrogen) atoms. The standard InChI is InChI=1S/C24H38N2O5.C3H8/c1-7-18-16-20(29-5)21(30-6)17-19(18)10-8-9-11-22(27)25-12-14-26(15-13-25)23(28)31-24(2,3)4;1-3-2/h16-17H,7-15H2,1-6H3;3H2,1-2H3. The fourth-order valence-corrected chi connectivity index (χ4v) is 3.74. The number of hydrogen-bond acceptors (Lipinski definition) is 5. The highest BCUT2D eigenvalue weighted by molar-refractivity contribution is 5.76. The summed E-state index contributed by atoms with van der Waals surface area (Å²) in [6.45, 7) is 14.1. The lowest BCUT2D eigenvalue weighted by molar-refractivity contribution is -0.133. The minimum absolute atomic E-state index is 0.159. The molecule has 1 aromatic rings. The van der Waals surface area contributed by atoms with Gasteiger partial charge in [-0.3, -0.25) is 4.79 Å². The van der Waals surface area contributed by atoms with Crippen molar-refractivity contribution in [2.45, 2.75) is 85.7 Å². The fraction of sp³-hybridized carbons (Fsp3) is 0.704. The molecule has 7 nitrogen and oxygen atoms in total. The number of amides is 2.